The van der Waals surface area contributed by atoms with Crippen LogP contribution in [0.2, 0.25) is 0 Å². The molecule has 126 valence electrons. The molecule has 0 fully saturated rings. The fourth-order valence-corrected chi connectivity index (χ4v) is 1.51. The summed E-state index contributed by atoms with van der Waals surface area (Å²) in [5.74, 6) is -1.20. The molecule has 11 heteroatoms. The number of carbonyl (C=O) groups excluding carboxylic acids is 1. The van der Waals surface area contributed by atoms with E-state index in [0.717, 1.165) is 0 Å². The number of aliphatic hydroxyl groups excluding tert-OH is 4. The van der Waals surface area contributed by atoms with Crippen molar-refractivity contribution in [1.29, 1.82) is 0 Å². The van der Waals surface area contributed by atoms with Gasteiger partial charge in [-0.1, -0.05) is 13.8 Å². The monoisotopic (exact) mass is 332 g/mol. The third-order valence-corrected chi connectivity index (χ3v) is 2.77. The maximum atomic E-state index is 11.4. The molecule has 0 aliphatic carbocycles. The molecule has 10 nitrogen and oxygen atoms in total. The van der Waals surface area contributed by atoms with Crippen LogP contribution in [0.3, 0.4) is 0 Å². The molecular formula is C10H21O10P. The van der Waals surface area contributed by atoms with Gasteiger partial charge in [0.15, 0.2) is 6.10 Å². The summed E-state index contributed by atoms with van der Waals surface area (Å²) in [6, 6.07) is 0. The predicted octanol–water partition coefficient (Wildman–Crippen LogP) is -2.26. The van der Waals surface area contributed by atoms with Gasteiger partial charge >= 0.3 is 13.8 Å². The summed E-state index contributed by atoms with van der Waals surface area (Å²) in [6.07, 6.45) is -8.23. The van der Waals surface area contributed by atoms with Gasteiger partial charge in [-0.05, 0) is 5.92 Å². The molecule has 21 heavy (non-hydrogen) atoms. The summed E-state index contributed by atoms with van der Waals surface area (Å²) in [6.45, 7) is 2.47. The average Bonchev–Trinajstić information content (AvgIpc) is 2.38. The molecule has 0 spiro atoms. The van der Waals surface area contributed by atoms with Gasteiger partial charge in [-0.15, -0.1) is 0 Å². The molecule has 0 saturated heterocycles. The highest BCUT2D eigenvalue weighted by molar-refractivity contribution is 7.46. The van der Waals surface area contributed by atoms with E-state index in [1.54, 1.807) is 13.8 Å². The summed E-state index contributed by atoms with van der Waals surface area (Å²) >= 11 is 0. The van der Waals surface area contributed by atoms with E-state index in [0.29, 0.717) is 0 Å². The lowest BCUT2D eigenvalue weighted by molar-refractivity contribution is -0.171. The molecule has 0 aromatic carbocycles. The minimum absolute atomic E-state index is 0.00883. The molecule has 0 aliphatic rings. The van der Waals surface area contributed by atoms with Gasteiger partial charge in [-0.25, -0.2) is 9.36 Å². The number of phosphoric acid groups is 1. The van der Waals surface area contributed by atoms with Gasteiger partial charge in [-0.2, -0.15) is 0 Å². The van der Waals surface area contributed by atoms with E-state index < -0.39 is 44.8 Å². The van der Waals surface area contributed by atoms with Gasteiger partial charge in [0.25, 0.3) is 0 Å². The Hall–Kier alpha value is -0.580. The van der Waals surface area contributed by atoms with Crippen molar-refractivity contribution in [1.82, 2.24) is 0 Å². The number of rotatable bonds is 9. The number of esters is 1. The Bertz CT molecular complexity index is 367. The molecule has 0 heterocycles. The van der Waals surface area contributed by atoms with Crippen LogP contribution in [-0.4, -0.2) is 73.8 Å². The Balaban J connectivity index is 4.43. The molecule has 0 rings (SSSR count). The Labute approximate surface area is 121 Å². The summed E-state index contributed by atoms with van der Waals surface area (Å²) in [7, 11) is -4.86. The van der Waals surface area contributed by atoms with Gasteiger partial charge < -0.3 is 34.9 Å². The topological polar surface area (TPSA) is 174 Å². The van der Waals surface area contributed by atoms with Gasteiger partial charge in [0.05, 0.1) is 13.2 Å². The van der Waals surface area contributed by atoms with Gasteiger partial charge in [-0.3, -0.25) is 4.52 Å². The van der Waals surface area contributed by atoms with E-state index in [1.165, 1.54) is 0 Å². The Morgan fingerprint density at radius 2 is 1.57 bits per heavy atom. The molecule has 6 N–H and O–H groups in total. The largest absolute Gasteiger partial charge is 0.469 e. The van der Waals surface area contributed by atoms with Crippen molar-refractivity contribution in [2.75, 3.05) is 13.2 Å². The molecule has 0 bridgehead atoms. The van der Waals surface area contributed by atoms with Crippen LogP contribution in [0, 0.1) is 5.92 Å². The highest BCUT2D eigenvalue weighted by atomic mass is 31.2. The fraction of sp³-hybridized carbons (Fsp3) is 0.900. The number of carbonyl (C=O) groups is 1. The minimum atomic E-state index is -4.86. The molecule has 0 aromatic heterocycles. The molecule has 0 aliphatic heterocycles. The van der Waals surface area contributed by atoms with Gasteiger partial charge in [0, 0.05) is 0 Å². The Morgan fingerprint density at radius 1 is 1.05 bits per heavy atom. The lowest BCUT2D eigenvalue weighted by Gasteiger charge is -2.25. The lowest BCUT2D eigenvalue weighted by atomic mass is 10.0. The van der Waals surface area contributed by atoms with Crippen molar-refractivity contribution >= 4 is 13.8 Å². The molecule has 0 radical (unpaired) electrons. The normalized spacial score (nSPS) is 18.1. The zero-order valence-corrected chi connectivity index (χ0v) is 12.5. The summed E-state index contributed by atoms with van der Waals surface area (Å²) in [4.78, 5) is 28.2. The van der Waals surface area contributed by atoms with Gasteiger partial charge in [0.1, 0.15) is 18.3 Å². The fourth-order valence-electron chi connectivity index (χ4n) is 1.16. The van der Waals surface area contributed by atoms with Gasteiger partial charge in [0.2, 0.25) is 0 Å². The van der Waals surface area contributed by atoms with Crippen molar-refractivity contribution in [2.24, 2.45) is 5.92 Å². The molecule has 0 aromatic rings. The molecular weight excluding hydrogens is 311 g/mol. The van der Waals surface area contributed by atoms with Crippen molar-refractivity contribution in [3.05, 3.63) is 0 Å². The first-order chi connectivity index (χ1) is 9.45. The van der Waals surface area contributed by atoms with Crippen LogP contribution in [0.15, 0.2) is 0 Å². The summed E-state index contributed by atoms with van der Waals surface area (Å²) < 4.78 is 19.0. The van der Waals surface area contributed by atoms with E-state index in [-0.39, 0.29) is 12.5 Å². The second kappa shape index (κ2) is 8.76. The van der Waals surface area contributed by atoms with Crippen LogP contribution in [0.1, 0.15) is 13.8 Å². The Morgan fingerprint density at radius 3 is 2.00 bits per heavy atom. The molecule has 4 atom stereocenters. The summed E-state index contributed by atoms with van der Waals surface area (Å²) in [5.41, 5.74) is 0. The van der Waals surface area contributed by atoms with Crippen LogP contribution in [0.4, 0.5) is 0 Å². The Kier molecular flexibility index (Phi) is 8.52. The smallest absolute Gasteiger partial charge is 0.463 e. The SMILES string of the molecule is CC(C)COC(=O)[C@H](O)[C@@H](O)[C@H](O)[C@H](O)COP(=O)(O)O. The van der Waals surface area contributed by atoms with E-state index in [2.05, 4.69) is 9.26 Å². The van der Waals surface area contributed by atoms with Crippen molar-refractivity contribution in [3.8, 4) is 0 Å². The molecule has 0 unspecified atom stereocenters. The number of phosphoric ester groups is 1. The van der Waals surface area contributed by atoms with Crippen LogP contribution in [-0.2, 0) is 18.6 Å². The summed E-state index contributed by atoms with van der Waals surface area (Å²) in [5, 5.41) is 37.8. The van der Waals surface area contributed by atoms with Crippen LogP contribution >= 0.6 is 7.82 Å². The van der Waals surface area contributed by atoms with E-state index in [1.807, 2.05) is 0 Å². The van der Waals surface area contributed by atoms with E-state index >= 15 is 0 Å². The zero-order valence-electron chi connectivity index (χ0n) is 11.6. The second-order valence-corrected chi connectivity index (χ2v) is 6.04. The number of aliphatic hydroxyl groups is 4. The third-order valence-electron chi connectivity index (χ3n) is 2.28. The molecule has 0 saturated carbocycles. The van der Waals surface area contributed by atoms with Crippen molar-refractivity contribution < 1.29 is 48.8 Å². The highest BCUT2D eigenvalue weighted by Gasteiger charge is 2.36. The van der Waals surface area contributed by atoms with E-state index in [9.17, 15) is 29.8 Å². The average molecular weight is 332 g/mol. The lowest BCUT2D eigenvalue weighted by Crippen LogP contribution is -2.49. The standard InChI is InChI=1S/C10H21O10P/c1-5(2)3-19-10(15)9(14)8(13)7(12)6(11)4-20-21(16,17)18/h5-9,11-14H,3-4H2,1-2H3,(H2,16,17,18)/t6-,7-,8+,9-/m1/s1. The van der Waals surface area contributed by atoms with E-state index in [4.69, 9.17) is 9.79 Å². The minimum Gasteiger partial charge on any atom is -0.463 e. The number of ether oxygens (including phenoxy) is 1. The van der Waals surface area contributed by atoms with Crippen molar-refractivity contribution in [2.45, 2.75) is 38.3 Å². The third kappa shape index (κ3) is 8.44. The van der Waals surface area contributed by atoms with Crippen molar-refractivity contribution in [3.63, 3.8) is 0 Å². The first-order valence-electron chi connectivity index (χ1n) is 6.04. The van der Waals surface area contributed by atoms with Crippen LogP contribution < -0.4 is 0 Å². The second-order valence-electron chi connectivity index (χ2n) is 4.80. The number of hydrogen-bond donors (Lipinski definition) is 6. The van der Waals surface area contributed by atoms with Crippen LogP contribution in [0.25, 0.3) is 0 Å². The first-order valence-corrected chi connectivity index (χ1v) is 7.57. The molecule has 0 amide bonds. The maximum absolute atomic E-state index is 11.4. The number of hydrogen-bond acceptors (Lipinski definition) is 8. The maximum Gasteiger partial charge on any atom is 0.469 e. The predicted molar refractivity (Wildman–Crippen MR) is 67.8 cm³/mol. The van der Waals surface area contributed by atoms with Crippen LogP contribution in [0.5, 0.6) is 0 Å². The quantitative estimate of drug-likeness (QED) is 0.200. The highest BCUT2D eigenvalue weighted by Crippen LogP contribution is 2.35. The first kappa shape index (κ1) is 20.4. The zero-order chi connectivity index (χ0) is 16.8.